The Hall–Kier alpha value is -4.71. The van der Waals surface area contributed by atoms with Crippen molar-refractivity contribution in [1.29, 1.82) is 0 Å². The van der Waals surface area contributed by atoms with Crippen molar-refractivity contribution in [1.82, 2.24) is 0 Å². The lowest BCUT2D eigenvalue weighted by Gasteiger charge is -2.18. The van der Waals surface area contributed by atoms with Crippen molar-refractivity contribution in [2.75, 3.05) is 13.2 Å². The smallest absolute Gasteiger partial charge is 0.306 e. The third-order valence-corrected chi connectivity index (χ3v) is 11.1. The Morgan fingerprint density at radius 2 is 0.571 bits per heavy atom. The van der Waals surface area contributed by atoms with Crippen LogP contribution in [0.1, 0.15) is 220 Å². The maximum Gasteiger partial charge on any atom is 0.306 e. The van der Waals surface area contributed by atoms with E-state index < -0.39 is 6.10 Å². The van der Waals surface area contributed by atoms with Gasteiger partial charge >= 0.3 is 17.9 Å². The number of esters is 3. The Bertz CT molecular complexity index is 1580. The van der Waals surface area contributed by atoms with Crippen LogP contribution in [-0.2, 0) is 28.6 Å². The third-order valence-electron chi connectivity index (χ3n) is 11.1. The summed E-state index contributed by atoms with van der Waals surface area (Å²) < 4.78 is 16.7. The highest BCUT2D eigenvalue weighted by Gasteiger charge is 2.19. The highest BCUT2D eigenvalue weighted by Crippen LogP contribution is 2.13. The molecule has 0 N–H and O–H groups in total. The molecular formula is C64H100O6. The minimum absolute atomic E-state index is 0.112. The molecule has 0 saturated heterocycles. The molecule has 1 atom stereocenters. The molecule has 0 aliphatic carbocycles. The predicted octanol–water partition coefficient (Wildman–Crippen LogP) is 18.8. The summed E-state index contributed by atoms with van der Waals surface area (Å²) in [6.07, 6.45) is 81.4. The van der Waals surface area contributed by atoms with Crippen molar-refractivity contribution in [3.8, 4) is 0 Å². The number of hydrogen-bond acceptors (Lipinski definition) is 6. The van der Waals surface area contributed by atoms with Crippen LogP contribution < -0.4 is 0 Å². The molecule has 6 nitrogen and oxygen atoms in total. The van der Waals surface area contributed by atoms with Crippen molar-refractivity contribution in [2.24, 2.45) is 0 Å². The van der Waals surface area contributed by atoms with E-state index in [1.54, 1.807) is 0 Å². The van der Waals surface area contributed by atoms with Crippen LogP contribution in [0, 0.1) is 0 Å². The topological polar surface area (TPSA) is 78.9 Å². The number of allylic oxidation sites excluding steroid dienone is 24. The largest absolute Gasteiger partial charge is 0.462 e. The summed E-state index contributed by atoms with van der Waals surface area (Å²) in [6, 6.07) is 0. The van der Waals surface area contributed by atoms with Gasteiger partial charge in [0.05, 0.1) is 0 Å². The van der Waals surface area contributed by atoms with Gasteiger partial charge in [-0.2, -0.15) is 0 Å². The Morgan fingerprint density at radius 1 is 0.300 bits per heavy atom. The summed E-state index contributed by atoms with van der Waals surface area (Å²) in [5.74, 6) is -1.02. The summed E-state index contributed by atoms with van der Waals surface area (Å²) in [5, 5.41) is 0. The van der Waals surface area contributed by atoms with Gasteiger partial charge in [0.1, 0.15) is 13.2 Å². The Labute approximate surface area is 429 Å². The lowest BCUT2D eigenvalue weighted by atomic mass is 10.1. The van der Waals surface area contributed by atoms with E-state index in [0.717, 1.165) is 122 Å². The van der Waals surface area contributed by atoms with E-state index in [0.29, 0.717) is 19.3 Å². The minimum Gasteiger partial charge on any atom is -0.462 e. The Morgan fingerprint density at radius 3 is 0.929 bits per heavy atom. The zero-order valence-corrected chi connectivity index (χ0v) is 44.7. The average Bonchev–Trinajstić information content (AvgIpc) is 3.36. The quantitative estimate of drug-likeness (QED) is 0.0262. The zero-order valence-electron chi connectivity index (χ0n) is 44.7. The van der Waals surface area contributed by atoms with Crippen molar-refractivity contribution < 1.29 is 28.6 Å². The average molecular weight is 965 g/mol. The molecule has 0 rings (SSSR count). The Balaban J connectivity index is 4.41. The second-order valence-corrected chi connectivity index (χ2v) is 17.7. The highest BCUT2D eigenvalue weighted by molar-refractivity contribution is 5.71. The number of rotatable bonds is 48. The van der Waals surface area contributed by atoms with Gasteiger partial charge in [-0.25, -0.2) is 0 Å². The van der Waals surface area contributed by atoms with E-state index in [2.05, 4.69) is 167 Å². The molecule has 70 heavy (non-hydrogen) atoms. The Kier molecular flexibility index (Phi) is 53.0. The van der Waals surface area contributed by atoms with Gasteiger partial charge in [-0.05, 0) is 116 Å². The van der Waals surface area contributed by atoms with E-state index in [4.69, 9.17) is 14.2 Å². The van der Waals surface area contributed by atoms with Crippen LogP contribution in [0.25, 0.3) is 0 Å². The first-order valence-electron chi connectivity index (χ1n) is 27.8. The summed E-state index contributed by atoms with van der Waals surface area (Å²) >= 11 is 0. The molecule has 0 aliphatic rings. The summed E-state index contributed by atoms with van der Waals surface area (Å²) in [7, 11) is 0. The maximum absolute atomic E-state index is 12.8. The maximum atomic E-state index is 12.8. The van der Waals surface area contributed by atoms with Crippen LogP contribution >= 0.6 is 0 Å². The second kappa shape index (κ2) is 56.9. The fourth-order valence-electron chi connectivity index (χ4n) is 6.99. The lowest BCUT2D eigenvalue weighted by molar-refractivity contribution is -0.167. The van der Waals surface area contributed by atoms with Crippen LogP contribution in [0.3, 0.4) is 0 Å². The number of unbranched alkanes of at least 4 members (excludes halogenated alkanes) is 13. The number of carbonyl (C=O) groups excluding carboxylic acids is 3. The SMILES string of the molecule is CC/C=C\C/C=C\C/C=C\C/C=C\C/C=C\C/C=C\C/C=C\C/C=C\C/C=C\CCCC(=O)OCC(COC(=O)CCCCCCCCCCCC)OC(=O)CCCCC/C=C\C/C=C\C/C=C\CC. The van der Waals surface area contributed by atoms with Gasteiger partial charge in [-0.1, -0.05) is 231 Å². The molecule has 6 heteroatoms. The van der Waals surface area contributed by atoms with E-state index in [-0.39, 0.29) is 44.0 Å². The van der Waals surface area contributed by atoms with Crippen LogP contribution in [0.15, 0.2) is 146 Å². The molecule has 0 aliphatic heterocycles. The number of ether oxygens (including phenoxy) is 3. The van der Waals surface area contributed by atoms with Gasteiger partial charge in [0.25, 0.3) is 0 Å². The first-order chi connectivity index (χ1) is 34.5. The van der Waals surface area contributed by atoms with Crippen LogP contribution in [0.4, 0.5) is 0 Å². The van der Waals surface area contributed by atoms with Gasteiger partial charge in [-0.15, -0.1) is 0 Å². The van der Waals surface area contributed by atoms with E-state index in [1.807, 2.05) is 0 Å². The zero-order chi connectivity index (χ0) is 50.7. The number of hydrogen-bond donors (Lipinski definition) is 0. The highest BCUT2D eigenvalue weighted by atomic mass is 16.6. The second-order valence-electron chi connectivity index (χ2n) is 17.7. The first-order valence-corrected chi connectivity index (χ1v) is 27.8. The molecule has 0 aromatic carbocycles. The molecule has 0 bridgehead atoms. The molecule has 0 spiro atoms. The standard InChI is InChI=1S/C64H100O6/c1-4-7-10-13-16-19-22-24-25-26-27-28-29-30-31-32-33-34-35-36-37-38-39-41-42-45-48-51-54-57-63(66)69-60-61(59-68-62(65)56-53-50-47-44-21-18-15-12-9-6-3)70-64(67)58-55-52-49-46-43-40-23-20-17-14-11-8-5-2/h7-8,10-11,16-17,19-20,24-25,27-28,30-31,33-34,36-37,39-41,43,45,48,61H,4-6,9,12-15,18,21-23,26,29,32,35,38,42,44,46-47,49-60H2,1-3H3/b10-7-,11-8-,19-16-,20-17-,25-24-,28-27-,31-30-,34-33-,37-36-,41-39-,43-40-,48-45-. The van der Waals surface area contributed by atoms with E-state index in [1.165, 1.54) is 44.9 Å². The van der Waals surface area contributed by atoms with Gasteiger partial charge in [0.2, 0.25) is 0 Å². The molecule has 0 radical (unpaired) electrons. The third kappa shape index (κ3) is 54.2. The van der Waals surface area contributed by atoms with E-state index in [9.17, 15) is 14.4 Å². The molecule has 0 amide bonds. The first kappa shape index (κ1) is 65.3. The minimum atomic E-state index is -0.820. The summed E-state index contributed by atoms with van der Waals surface area (Å²) in [6.45, 7) is 6.30. The van der Waals surface area contributed by atoms with Crippen molar-refractivity contribution in [2.45, 2.75) is 226 Å². The lowest BCUT2D eigenvalue weighted by Crippen LogP contribution is -2.30. The normalized spacial score (nSPS) is 13.2. The summed E-state index contributed by atoms with van der Waals surface area (Å²) in [4.78, 5) is 37.9. The van der Waals surface area contributed by atoms with Crippen molar-refractivity contribution >= 4 is 17.9 Å². The molecule has 0 heterocycles. The monoisotopic (exact) mass is 965 g/mol. The number of carbonyl (C=O) groups is 3. The van der Waals surface area contributed by atoms with Crippen LogP contribution in [0.2, 0.25) is 0 Å². The predicted molar refractivity (Wildman–Crippen MR) is 302 cm³/mol. The van der Waals surface area contributed by atoms with Crippen LogP contribution in [0.5, 0.6) is 0 Å². The van der Waals surface area contributed by atoms with E-state index >= 15 is 0 Å². The fourth-order valence-corrected chi connectivity index (χ4v) is 6.99. The summed E-state index contributed by atoms with van der Waals surface area (Å²) in [5.41, 5.74) is 0. The van der Waals surface area contributed by atoms with Crippen LogP contribution in [-0.4, -0.2) is 37.2 Å². The molecule has 0 saturated carbocycles. The van der Waals surface area contributed by atoms with Gasteiger partial charge in [0.15, 0.2) is 6.10 Å². The molecule has 0 aromatic heterocycles. The molecule has 0 fully saturated rings. The van der Waals surface area contributed by atoms with Crippen molar-refractivity contribution in [3.63, 3.8) is 0 Å². The molecule has 0 aromatic rings. The van der Waals surface area contributed by atoms with Gasteiger partial charge < -0.3 is 14.2 Å². The molecular weight excluding hydrogens is 865 g/mol. The fraction of sp³-hybridized carbons (Fsp3) is 0.578. The van der Waals surface area contributed by atoms with Gasteiger partial charge in [0, 0.05) is 19.3 Å². The van der Waals surface area contributed by atoms with Gasteiger partial charge in [-0.3, -0.25) is 14.4 Å². The molecule has 1 unspecified atom stereocenters. The van der Waals surface area contributed by atoms with Crippen molar-refractivity contribution in [3.05, 3.63) is 146 Å². The molecule has 392 valence electrons.